The van der Waals surface area contributed by atoms with Crippen molar-refractivity contribution in [1.82, 2.24) is 25.6 Å². The molecule has 2 aromatic carbocycles. The van der Waals surface area contributed by atoms with E-state index in [2.05, 4.69) is 16.0 Å². The molecule has 0 bridgehead atoms. The SMILES string of the molecule is CCC(C)[C@@H]1NC(=O)[C@H](Cc2cn(OC)c3ccccc23)NC(=O)[C@H](CCCCCP(=O)(O)OCc2ccccc2)NC(=O)[C@H]2CCCCN2C1=O. The maximum atomic E-state index is 14.2. The van der Waals surface area contributed by atoms with E-state index in [1.54, 1.807) is 22.9 Å². The van der Waals surface area contributed by atoms with E-state index in [0.717, 1.165) is 34.9 Å². The van der Waals surface area contributed by atoms with Crippen molar-refractivity contribution in [3.63, 3.8) is 0 Å². The number of benzene rings is 2. The lowest BCUT2D eigenvalue weighted by Gasteiger charge is -2.39. The van der Waals surface area contributed by atoms with Gasteiger partial charge in [0.25, 0.3) is 0 Å². The van der Waals surface area contributed by atoms with Gasteiger partial charge in [0.2, 0.25) is 23.6 Å². The summed E-state index contributed by atoms with van der Waals surface area (Å²) in [5, 5.41) is 9.66. The number of carbonyl (C=O) groups excluding carboxylic acids is 4. The zero-order valence-corrected chi connectivity index (χ0v) is 31.2. The van der Waals surface area contributed by atoms with Crippen LogP contribution in [0.3, 0.4) is 0 Å². The van der Waals surface area contributed by atoms with Crippen molar-refractivity contribution >= 4 is 42.1 Å². The van der Waals surface area contributed by atoms with Crippen molar-refractivity contribution in [2.45, 2.75) is 102 Å². The normalized spacial score (nSPS) is 23.3. The third kappa shape index (κ3) is 9.81. The molecule has 3 heterocycles. The molecule has 0 aliphatic carbocycles. The average molecular weight is 738 g/mol. The molecular weight excluding hydrogens is 685 g/mol. The van der Waals surface area contributed by atoms with E-state index in [0.29, 0.717) is 38.6 Å². The Bertz CT molecular complexity index is 1750. The number of para-hydroxylation sites is 1. The van der Waals surface area contributed by atoms with Crippen LogP contribution in [0, 0.1) is 5.92 Å². The minimum Gasteiger partial charge on any atom is -0.417 e. The van der Waals surface area contributed by atoms with Gasteiger partial charge in [0.05, 0.1) is 12.1 Å². The largest absolute Gasteiger partial charge is 0.417 e. The maximum absolute atomic E-state index is 14.2. The standard InChI is InChI=1S/C38H52N5O8P/c1-4-26(2)34-38(47)42-21-13-12-20-33(42)37(46)39-30(18-9-6-14-22-52(48,49)51-25-27-15-7-5-8-16-27)35(44)40-31(36(45)41-34)23-28-24-43(50-3)32-19-11-10-17-29(28)32/h5,7-8,10-11,15-17,19,24,26,30-31,33-34H,4,6,9,12-14,18,20-23,25H2,1-3H3,(H,39,46)(H,40,44)(H,41,45)(H,48,49)/t26?,30-,31-,33+,34-/m0/s1. The molecule has 0 saturated carbocycles. The summed E-state index contributed by atoms with van der Waals surface area (Å²) in [6.07, 6.45) is 5.96. The lowest BCUT2D eigenvalue weighted by Crippen LogP contribution is -2.64. The van der Waals surface area contributed by atoms with E-state index >= 15 is 0 Å². The monoisotopic (exact) mass is 737 g/mol. The van der Waals surface area contributed by atoms with Crippen LogP contribution in [0.5, 0.6) is 0 Å². The fourth-order valence-electron chi connectivity index (χ4n) is 7.00. The molecule has 5 rings (SSSR count). The first-order valence-corrected chi connectivity index (χ1v) is 20.1. The van der Waals surface area contributed by atoms with Gasteiger partial charge in [-0.05, 0) is 55.2 Å². The number of nitrogens with one attached hydrogen (secondary N) is 3. The number of rotatable bonds is 14. The number of piperidine rings is 1. The lowest BCUT2D eigenvalue weighted by atomic mass is 9.93. The summed E-state index contributed by atoms with van der Waals surface area (Å²) >= 11 is 0. The van der Waals surface area contributed by atoms with Crippen LogP contribution in [0.1, 0.15) is 76.3 Å². The smallest absolute Gasteiger partial charge is 0.328 e. The molecule has 282 valence electrons. The topological polar surface area (TPSA) is 168 Å². The van der Waals surface area contributed by atoms with Crippen molar-refractivity contribution in [1.29, 1.82) is 0 Å². The van der Waals surface area contributed by atoms with Gasteiger partial charge in [-0.1, -0.05) is 81.6 Å². The fraction of sp³-hybridized carbons (Fsp3) is 0.526. The molecule has 3 aromatic rings. The molecule has 0 spiro atoms. The Hall–Kier alpha value is -4.19. The Balaban J connectivity index is 1.35. The van der Waals surface area contributed by atoms with E-state index < -0.39 is 49.5 Å². The highest BCUT2D eigenvalue weighted by atomic mass is 31.2. The van der Waals surface area contributed by atoms with Crippen LogP contribution < -0.4 is 20.8 Å². The van der Waals surface area contributed by atoms with Crippen LogP contribution in [0.2, 0.25) is 0 Å². The van der Waals surface area contributed by atoms with Gasteiger partial charge in [-0.25, -0.2) is 0 Å². The lowest BCUT2D eigenvalue weighted by molar-refractivity contribution is -0.147. The van der Waals surface area contributed by atoms with E-state index in [4.69, 9.17) is 9.36 Å². The molecular formula is C38H52N5O8P. The molecule has 14 heteroatoms. The first-order valence-electron chi connectivity index (χ1n) is 18.4. The summed E-state index contributed by atoms with van der Waals surface area (Å²) in [7, 11) is -2.29. The number of fused-ring (bicyclic) bond motifs is 2. The molecule has 52 heavy (non-hydrogen) atoms. The van der Waals surface area contributed by atoms with Crippen LogP contribution in [0.4, 0.5) is 0 Å². The third-order valence-corrected chi connectivity index (χ3v) is 11.6. The average Bonchev–Trinajstić information content (AvgIpc) is 3.51. The number of aromatic nitrogens is 1. The van der Waals surface area contributed by atoms with Crippen LogP contribution in [-0.2, 0) is 41.3 Å². The minimum absolute atomic E-state index is 0.0302. The Morgan fingerprint density at radius 1 is 0.904 bits per heavy atom. The van der Waals surface area contributed by atoms with Gasteiger partial charge in [-0.3, -0.25) is 23.7 Å². The molecule has 6 atom stereocenters. The summed E-state index contributed by atoms with van der Waals surface area (Å²) in [6, 6.07) is 13.0. The summed E-state index contributed by atoms with van der Waals surface area (Å²) in [5.74, 6) is -1.94. The van der Waals surface area contributed by atoms with Gasteiger partial charge < -0.3 is 35.1 Å². The molecule has 0 radical (unpaired) electrons. The summed E-state index contributed by atoms with van der Waals surface area (Å²) in [4.78, 5) is 73.7. The molecule has 13 nitrogen and oxygen atoms in total. The van der Waals surface area contributed by atoms with E-state index in [9.17, 15) is 28.6 Å². The second-order valence-electron chi connectivity index (χ2n) is 13.9. The molecule has 2 saturated heterocycles. The van der Waals surface area contributed by atoms with Gasteiger partial charge in [-0.2, -0.15) is 4.73 Å². The van der Waals surface area contributed by atoms with E-state index in [1.807, 2.05) is 68.4 Å². The molecule has 2 aliphatic heterocycles. The van der Waals surface area contributed by atoms with Gasteiger partial charge in [0.1, 0.15) is 31.3 Å². The number of amides is 4. The second-order valence-corrected chi connectivity index (χ2v) is 15.9. The molecule has 4 N–H and O–H groups in total. The Morgan fingerprint density at radius 3 is 2.37 bits per heavy atom. The summed E-state index contributed by atoms with van der Waals surface area (Å²) < 4.78 is 19.6. The van der Waals surface area contributed by atoms with Gasteiger partial charge in [0, 0.05) is 30.7 Å². The zero-order valence-electron chi connectivity index (χ0n) is 30.3. The fourth-order valence-corrected chi connectivity index (χ4v) is 8.11. The molecule has 2 aliphatic rings. The first kappa shape index (κ1) is 39.0. The van der Waals surface area contributed by atoms with E-state index in [1.165, 1.54) is 0 Å². The molecule has 1 aromatic heterocycles. The number of carbonyl (C=O) groups is 4. The second kappa shape index (κ2) is 18.0. The third-order valence-electron chi connectivity index (χ3n) is 10.2. The highest BCUT2D eigenvalue weighted by Gasteiger charge is 2.41. The number of hydrogen-bond donors (Lipinski definition) is 4. The van der Waals surface area contributed by atoms with Gasteiger partial charge >= 0.3 is 7.60 Å². The number of hydrogen-bond acceptors (Lipinski definition) is 7. The van der Waals surface area contributed by atoms with Crippen molar-refractivity contribution in [3.05, 3.63) is 71.9 Å². The predicted molar refractivity (Wildman–Crippen MR) is 197 cm³/mol. The first-order chi connectivity index (χ1) is 25.0. The van der Waals surface area contributed by atoms with Crippen LogP contribution in [0.15, 0.2) is 60.8 Å². The quantitative estimate of drug-likeness (QED) is 0.142. The Kier molecular flexibility index (Phi) is 13.5. The maximum Gasteiger partial charge on any atom is 0.328 e. The predicted octanol–water partition coefficient (Wildman–Crippen LogP) is 4.10. The van der Waals surface area contributed by atoms with Gasteiger partial charge in [-0.15, -0.1) is 0 Å². The van der Waals surface area contributed by atoms with E-state index in [-0.39, 0.29) is 37.4 Å². The summed E-state index contributed by atoms with van der Waals surface area (Å²) in [5.41, 5.74) is 2.36. The van der Waals surface area contributed by atoms with Crippen LogP contribution in [0.25, 0.3) is 10.9 Å². The minimum atomic E-state index is -3.83. The summed E-state index contributed by atoms with van der Waals surface area (Å²) in [6.45, 7) is 4.25. The number of unbranched alkanes of at least 4 members (excludes halogenated alkanes) is 2. The Morgan fingerprint density at radius 2 is 1.62 bits per heavy atom. The highest BCUT2D eigenvalue weighted by Crippen LogP contribution is 2.43. The Labute approximate surface area is 305 Å². The van der Waals surface area contributed by atoms with Crippen molar-refractivity contribution in [3.8, 4) is 0 Å². The van der Waals surface area contributed by atoms with Gasteiger partial charge in [0.15, 0.2) is 0 Å². The molecule has 4 amide bonds. The highest BCUT2D eigenvalue weighted by molar-refractivity contribution is 7.52. The van der Waals surface area contributed by atoms with Crippen molar-refractivity contribution in [2.24, 2.45) is 5.92 Å². The van der Waals surface area contributed by atoms with Crippen LogP contribution >= 0.6 is 7.60 Å². The van der Waals surface area contributed by atoms with Crippen molar-refractivity contribution < 1.29 is 38.0 Å². The van der Waals surface area contributed by atoms with Crippen LogP contribution in [-0.4, -0.2) is 82.1 Å². The van der Waals surface area contributed by atoms with Crippen molar-refractivity contribution in [2.75, 3.05) is 19.8 Å². The number of nitrogens with zero attached hydrogens (tertiary/aromatic N) is 2. The zero-order chi connectivity index (χ0) is 37.3. The molecule has 2 unspecified atom stereocenters. The molecule has 2 fully saturated rings.